The van der Waals surface area contributed by atoms with Gasteiger partial charge in [0.2, 0.25) is 11.7 Å². The third-order valence-electron chi connectivity index (χ3n) is 6.40. The van der Waals surface area contributed by atoms with E-state index in [1.165, 1.54) is 0 Å². The van der Waals surface area contributed by atoms with Crippen molar-refractivity contribution in [1.29, 1.82) is 0 Å². The smallest absolute Gasteiger partial charge is 0.265 e. The summed E-state index contributed by atoms with van der Waals surface area (Å²) in [5, 5.41) is 6.92. The highest BCUT2D eigenvalue weighted by molar-refractivity contribution is 6.05. The molecule has 1 aromatic heterocycles. The van der Waals surface area contributed by atoms with Gasteiger partial charge in [-0.1, -0.05) is 29.4 Å². The van der Waals surface area contributed by atoms with Crippen LogP contribution in [0.2, 0.25) is 0 Å². The van der Waals surface area contributed by atoms with E-state index in [4.69, 9.17) is 9.26 Å². The maximum absolute atomic E-state index is 13.0. The Balaban J connectivity index is 1.31. The second kappa shape index (κ2) is 10.5. The summed E-state index contributed by atoms with van der Waals surface area (Å²) in [5.74, 6) is 1.37. The first-order valence-corrected chi connectivity index (χ1v) is 12.3. The highest BCUT2D eigenvalue weighted by Crippen LogP contribution is 2.35. The summed E-state index contributed by atoms with van der Waals surface area (Å²) in [7, 11) is 3.92. The van der Waals surface area contributed by atoms with Gasteiger partial charge in [0.25, 0.3) is 11.8 Å². The van der Waals surface area contributed by atoms with Crippen molar-refractivity contribution in [1.82, 2.24) is 15.0 Å². The van der Waals surface area contributed by atoms with Gasteiger partial charge in [0, 0.05) is 36.8 Å². The van der Waals surface area contributed by atoms with Crippen LogP contribution in [0.3, 0.4) is 0 Å². The first-order chi connectivity index (χ1) is 18.3. The minimum Gasteiger partial charge on any atom is -0.482 e. The first kappa shape index (κ1) is 25.2. The summed E-state index contributed by atoms with van der Waals surface area (Å²) < 4.78 is 10.7. The third-order valence-corrected chi connectivity index (χ3v) is 6.40. The molecule has 2 heterocycles. The molecule has 9 heteroatoms. The summed E-state index contributed by atoms with van der Waals surface area (Å²) in [4.78, 5) is 33.5. The van der Waals surface area contributed by atoms with Gasteiger partial charge in [-0.2, -0.15) is 4.98 Å². The fraction of sp³-hybridized carbons (Fsp3) is 0.241. The van der Waals surface area contributed by atoms with Crippen LogP contribution in [0.15, 0.2) is 65.2 Å². The minimum atomic E-state index is -0.237. The molecule has 0 atom stereocenters. The van der Waals surface area contributed by atoms with Crippen molar-refractivity contribution >= 4 is 23.2 Å². The molecule has 4 aromatic rings. The van der Waals surface area contributed by atoms with Crippen molar-refractivity contribution in [3.05, 3.63) is 77.7 Å². The largest absolute Gasteiger partial charge is 0.482 e. The van der Waals surface area contributed by atoms with Gasteiger partial charge in [0.05, 0.1) is 5.69 Å². The standard InChI is InChI=1S/C29H29N5O4/c1-18-15-22(28-30-19(2)38-32-28)9-11-24(18)20-5-7-21(8-6-20)29(36)31-23-10-12-26-25(16-23)34(14-13-33(3)4)27(35)17-37-26/h5-12,15-16H,13-14,17H2,1-4H3,(H,31,36). The topological polar surface area (TPSA) is 101 Å². The van der Waals surface area contributed by atoms with E-state index < -0.39 is 0 Å². The number of carbonyl (C=O) groups is 2. The number of rotatable bonds is 7. The van der Waals surface area contributed by atoms with E-state index in [0.717, 1.165) is 22.3 Å². The van der Waals surface area contributed by atoms with Crippen LogP contribution < -0.4 is 15.0 Å². The lowest BCUT2D eigenvalue weighted by Gasteiger charge is -2.30. The number of fused-ring (bicyclic) bond motifs is 1. The number of aryl methyl sites for hydroxylation is 2. The Morgan fingerprint density at radius 2 is 1.79 bits per heavy atom. The Morgan fingerprint density at radius 1 is 1.03 bits per heavy atom. The second-order valence-corrected chi connectivity index (χ2v) is 9.52. The molecule has 1 aliphatic heterocycles. The molecule has 194 valence electrons. The van der Waals surface area contributed by atoms with Crippen molar-refractivity contribution < 1.29 is 18.8 Å². The molecule has 5 rings (SSSR count). The van der Waals surface area contributed by atoms with E-state index in [0.29, 0.717) is 47.5 Å². The van der Waals surface area contributed by atoms with Crippen molar-refractivity contribution in [2.75, 3.05) is 44.0 Å². The van der Waals surface area contributed by atoms with Gasteiger partial charge in [0.15, 0.2) is 6.61 Å². The molecule has 2 amide bonds. The normalized spacial score (nSPS) is 12.9. The number of carbonyl (C=O) groups excluding carboxylic acids is 2. The summed E-state index contributed by atoms with van der Waals surface area (Å²) >= 11 is 0. The Hall–Kier alpha value is -4.50. The fourth-order valence-electron chi connectivity index (χ4n) is 4.37. The molecular formula is C29H29N5O4. The number of hydrogen-bond acceptors (Lipinski definition) is 7. The maximum atomic E-state index is 13.0. The zero-order chi connectivity index (χ0) is 26.8. The van der Waals surface area contributed by atoms with Gasteiger partial charge < -0.3 is 24.4 Å². The highest BCUT2D eigenvalue weighted by atomic mass is 16.5. The first-order valence-electron chi connectivity index (χ1n) is 12.3. The predicted molar refractivity (Wildman–Crippen MR) is 145 cm³/mol. The average Bonchev–Trinajstić information content (AvgIpc) is 3.34. The van der Waals surface area contributed by atoms with E-state index in [2.05, 4.69) is 15.5 Å². The molecule has 3 aromatic carbocycles. The summed E-state index contributed by atoms with van der Waals surface area (Å²) in [6.45, 7) is 5.05. The molecule has 38 heavy (non-hydrogen) atoms. The van der Waals surface area contributed by atoms with E-state index in [1.54, 1.807) is 42.2 Å². The van der Waals surface area contributed by atoms with Crippen LogP contribution >= 0.6 is 0 Å². The van der Waals surface area contributed by atoms with Crippen LogP contribution in [0, 0.1) is 13.8 Å². The molecule has 0 fully saturated rings. The van der Waals surface area contributed by atoms with E-state index in [-0.39, 0.29) is 18.4 Å². The Morgan fingerprint density at radius 3 is 2.47 bits per heavy atom. The van der Waals surface area contributed by atoms with Gasteiger partial charge in [-0.05, 0) is 74.1 Å². The van der Waals surface area contributed by atoms with Gasteiger partial charge in [0.1, 0.15) is 5.75 Å². The number of anilines is 2. The molecule has 0 unspecified atom stereocenters. The van der Waals surface area contributed by atoms with E-state index in [1.807, 2.05) is 56.3 Å². The number of ether oxygens (including phenoxy) is 1. The van der Waals surface area contributed by atoms with Crippen molar-refractivity contribution in [2.45, 2.75) is 13.8 Å². The predicted octanol–water partition coefficient (Wildman–Crippen LogP) is 4.56. The van der Waals surface area contributed by atoms with Gasteiger partial charge in [-0.15, -0.1) is 0 Å². The Kier molecular flexibility index (Phi) is 6.93. The lowest BCUT2D eigenvalue weighted by Crippen LogP contribution is -2.42. The summed E-state index contributed by atoms with van der Waals surface area (Å²) in [6, 6.07) is 18.8. The highest BCUT2D eigenvalue weighted by Gasteiger charge is 2.26. The summed E-state index contributed by atoms with van der Waals surface area (Å²) in [6.07, 6.45) is 0. The number of benzene rings is 3. The van der Waals surface area contributed by atoms with Crippen LogP contribution in [0.4, 0.5) is 11.4 Å². The van der Waals surface area contributed by atoms with Crippen LogP contribution in [-0.2, 0) is 4.79 Å². The van der Waals surface area contributed by atoms with Crippen LogP contribution in [0.25, 0.3) is 22.5 Å². The molecule has 0 saturated heterocycles. The van der Waals surface area contributed by atoms with Crippen molar-refractivity contribution in [3.63, 3.8) is 0 Å². The number of nitrogens with one attached hydrogen (secondary N) is 1. The molecule has 9 nitrogen and oxygen atoms in total. The van der Waals surface area contributed by atoms with E-state index in [9.17, 15) is 9.59 Å². The molecular weight excluding hydrogens is 482 g/mol. The molecule has 0 spiro atoms. The molecule has 0 saturated carbocycles. The van der Waals surface area contributed by atoms with Crippen LogP contribution in [-0.4, -0.2) is 60.6 Å². The van der Waals surface area contributed by atoms with Gasteiger partial charge >= 0.3 is 0 Å². The van der Waals surface area contributed by atoms with Crippen LogP contribution in [0.1, 0.15) is 21.8 Å². The Labute approximate surface area is 221 Å². The number of aromatic nitrogens is 2. The number of nitrogens with zero attached hydrogens (tertiary/aromatic N) is 4. The van der Waals surface area contributed by atoms with Crippen molar-refractivity contribution in [3.8, 4) is 28.3 Å². The van der Waals surface area contributed by atoms with Gasteiger partial charge in [-0.3, -0.25) is 9.59 Å². The van der Waals surface area contributed by atoms with Crippen LogP contribution in [0.5, 0.6) is 5.75 Å². The summed E-state index contributed by atoms with van der Waals surface area (Å²) in [5.41, 5.74) is 5.78. The average molecular weight is 512 g/mol. The molecule has 0 radical (unpaired) electrons. The SMILES string of the molecule is Cc1nc(-c2ccc(-c3ccc(C(=O)Nc4ccc5c(c4)N(CCN(C)C)C(=O)CO5)cc3)c(C)c2)no1. The van der Waals surface area contributed by atoms with Crippen molar-refractivity contribution in [2.24, 2.45) is 0 Å². The zero-order valence-corrected chi connectivity index (χ0v) is 21.8. The lowest BCUT2D eigenvalue weighted by atomic mass is 9.97. The second-order valence-electron chi connectivity index (χ2n) is 9.52. The molecule has 0 bridgehead atoms. The quantitative estimate of drug-likeness (QED) is 0.388. The number of likely N-dealkylation sites (N-methyl/N-ethyl adjacent to an activating group) is 1. The Bertz CT molecular complexity index is 1490. The van der Waals surface area contributed by atoms with Gasteiger partial charge in [-0.25, -0.2) is 0 Å². The molecule has 0 aliphatic carbocycles. The fourth-order valence-corrected chi connectivity index (χ4v) is 4.37. The minimum absolute atomic E-state index is 0.0114. The molecule has 1 N–H and O–H groups in total. The zero-order valence-electron chi connectivity index (χ0n) is 21.8. The number of amides is 2. The van der Waals surface area contributed by atoms with E-state index >= 15 is 0 Å². The number of hydrogen-bond donors (Lipinski definition) is 1. The maximum Gasteiger partial charge on any atom is 0.265 e. The molecule has 1 aliphatic rings. The lowest BCUT2D eigenvalue weighted by molar-refractivity contribution is -0.121. The third kappa shape index (κ3) is 5.28. The monoisotopic (exact) mass is 511 g/mol.